The van der Waals surface area contributed by atoms with E-state index in [2.05, 4.69) is 13.8 Å². The minimum Gasteiger partial charge on any atom is -0.393 e. The zero-order valence-electron chi connectivity index (χ0n) is 13.8. The van der Waals surface area contributed by atoms with Crippen molar-refractivity contribution in [2.45, 2.75) is 71.3 Å². The Balaban J connectivity index is 1.69. The summed E-state index contributed by atoms with van der Waals surface area (Å²) in [7, 11) is 0. The van der Waals surface area contributed by atoms with Gasteiger partial charge in [-0.1, -0.05) is 13.8 Å². The van der Waals surface area contributed by atoms with Crippen LogP contribution in [0.2, 0.25) is 0 Å². The molecule has 0 bridgehead atoms. The first-order valence-electron chi connectivity index (χ1n) is 9.10. The Hall–Kier alpha value is -0.700. The largest absolute Gasteiger partial charge is 0.393 e. The zero-order chi connectivity index (χ0) is 15.7. The van der Waals surface area contributed by atoms with Crippen LogP contribution in [0, 0.1) is 34.5 Å². The maximum atomic E-state index is 12.8. The predicted molar refractivity (Wildman–Crippen MR) is 83.1 cm³/mol. The molecule has 4 fully saturated rings. The molecule has 4 aliphatic rings. The van der Waals surface area contributed by atoms with Crippen molar-refractivity contribution >= 4 is 11.6 Å². The van der Waals surface area contributed by atoms with Crippen molar-refractivity contribution in [3.63, 3.8) is 0 Å². The fraction of sp³-hybridized carbons (Fsp3) is 0.895. The number of hydrogen-bond acceptors (Lipinski definition) is 3. The third kappa shape index (κ3) is 1.78. The van der Waals surface area contributed by atoms with Crippen LogP contribution >= 0.6 is 0 Å². The van der Waals surface area contributed by atoms with Gasteiger partial charge in [-0.3, -0.25) is 9.59 Å². The third-order valence-corrected chi connectivity index (χ3v) is 8.14. The normalized spacial score (nSPS) is 54.6. The molecule has 3 nitrogen and oxygen atoms in total. The van der Waals surface area contributed by atoms with Gasteiger partial charge in [0.25, 0.3) is 0 Å². The van der Waals surface area contributed by atoms with Crippen LogP contribution < -0.4 is 0 Å². The first-order valence-corrected chi connectivity index (χ1v) is 9.10. The Labute approximate surface area is 132 Å². The molecule has 4 rings (SSSR count). The fourth-order valence-corrected chi connectivity index (χ4v) is 6.79. The number of carbonyl (C=O) groups excluding carboxylic acids is 2. The van der Waals surface area contributed by atoms with Crippen LogP contribution in [0.5, 0.6) is 0 Å². The molecule has 7 atom stereocenters. The molecule has 1 N–H and O–H groups in total. The highest BCUT2D eigenvalue weighted by molar-refractivity contribution is 5.88. The molecule has 0 amide bonds. The Morgan fingerprint density at radius 3 is 2.59 bits per heavy atom. The highest BCUT2D eigenvalue weighted by atomic mass is 16.3. The molecular weight excluding hydrogens is 276 g/mol. The monoisotopic (exact) mass is 304 g/mol. The number of aliphatic hydroxyl groups is 1. The molecule has 22 heavy (non-hydrogen) atoms. The van der Waals surface area contributed by atoms with Gasteiger partial charge in [0.2, 0.25) is 0 Å². The van der Waals surface area contributed by atoms with Crippen molar-refractivity contribution in [1.29, 1.82) is 0 Å². The summed E-state index contributed by atoms with van der Waals surface area (Å²) in [5.41, 5.74) is -0.0922. The van der Waals surface area contributed by atoms with Crippen molar-refractivity contribution < 1.29 is 14.7 Å². The van der Waals surface area contributed by atoms with Crippen molar-refractivity contribution in [3.05, 3.63) is 0 Å². The Morgan fingerprint density at radius 1 is 1.05 bits per heavy atom. The number of carbonyl (C=O) groups is 2. The second-order valence-corrected chi connectivity index (χ2v) is 8.95. The van der Waals surface area contributed by atoms with E-state index in [4.69, 9.17) is 0 Å². The lowest BCUT2D eigenvalue weighted by Gasteiger charge is -2.59. The summed E-state index contributed by atoms with van der Waals surface area (Å²) < 4.78 is 0. The van der Waals surface area contributed by atoms with Gasteiger partial charge in [-0.2, -0.15) is 0 Å². The number of ketones is 2. The number of fused-ring (bicyclic) bond motifs is 5. The van der Waals surface area contributed by atoms with Crippen LogP contribution in [-0.2, 0) is 9.59 Å². The van der Waals surface area contributed by atoms with Crippen molar-refractivity contribution in [2.24, 2.45) is 34.5 Å². The number of rotatable bonds is 0. The summed E-state index contributed by atoms with van der Waals surface area (Å²) in [4.78, 5) is 25.2. The van der Waals surface area contributed by atoms with Gasteiger partial charge in [0, 0.05) is 24.2 Å². The molecule has 4 aliphatic carbocycles. The van der Waals surface area contributed by atoms with Gasteiger partial charge in [-0.25, -0.2) is 0 Å². The summed E-state index contributed by atoms with van der Waals surface area (Å²) >= 11 is 0. The Morgan fingerprint density at radius 2 is 1.82 bits per heavy atom. The van der Waals surface area contributed by atoms with E-state index in [1.165, 1.54) is 0 Å². The van der Waals surface area contributed by atoms with Gasteiger partial charge in [0.1, 0.15) is 11.6 Å². The fourth-order valence-electron chi connectivity index (χ4n) is 6.79. The standard InChI is InChI=1S/C19H28O3/c1-18-7-5-11(20)9-15(18)16(21)10-12-13-3-4-17(22)19(13,2)8-6-14(12)18/h11-15,20H,3-10H2,1-2H3/t11-,12-,13+,14-,15-,18+,19-/m0/s1. The van der Waals surface area contributed by atoms with Crippen LogP contribution in [0.25, 0.3) is 0 Å². The summed E-state index contributed by atoms with van der Waals surface area (Å²) in [6.45, 7) is 4.46. The molecule has 0 saturated heterocycles. The van der Waals surface area contributed by atoms with Crippen LogP contribution in [0.15, 0.2) is 0 Å². The lowest BCUT2D eigenvalue weighted by molar-refractivity contribution is -0.160. The SMILES string of the molecule is C[C@]12CC[C@H](O)C[C@H]1C(=O)C[C@H]1[C@H]3CCC(=O)[C@@]3(C)CC[C@@H]12. The molecule has 0 heterocycles. The van der Waals surface area contributed by atoms with E-state index in [9.17, 15) is 14.7 Å². The van der Waals surface area contributed by atoms with E-state index < -0.39 is 0 Å². The molecule has 0 aromatic carbocycles. The zero-order valence-corrected chi connectivity index (χ0v) is 13.8. The van der Waals surface area contributed by atoms with Gasteiger partial charge in [0.15, 0.2) is 0 Å². The third-order valence-electron chi connectivity index (χ3n) is 8.14. The molecule has 3 heteroatoms. The summed E-state index contributed by atoms with van der Waals surface area (Å²) in [5.74, 6) is 2.27. The Bertz CT molecular complexity index is 527. The van der Waals surface area contributed by atoms with E-state index in [0.717, 1.165) is 38.5 Å². The molecule has 0 radical (unpaired) electrons. The highest BCUT2D eigenvalue weighted by Gasteiger charge is 2.62. The number of Topliss-reactive ketones (excluding diaryl/α,β-unsaturated/α-hetero) is 2. The lowest BCUT2D eigenvalue weighted by atomic mass is 9.45. The van der Waals surface area contributed by atoms with Crippen LogP contribution in [0.3, 0.4) is 0 Å². The average molecular weight is 304 g/mol. The maximum absolute atomic E-state index is 12.8. The van der Waals surface area contributed by atoms with Crippen molar-refractivity contribution in [3.8, 4) is 0 Å². The quantitative estimate of drug-likeness (QED) is 0.748. The second kappa shape index (κ2) is 4.66. The van der Waals surface area contributed by atoms with Gasteiger partial charge >= 0.3 is 0 Å². The summed E-state index contributed by atoms with van der Waals surface area (Å²) in [6, 6.07) is 0. The highest BCUT2D eigenvalue weighted by Crippen LogP contribution is 2.64. The smallest absolute Gasteiger partial charge is 0.139 e. The molecular formula is C19H28O3. The van der Waals surface area contributed by atoms with Crippen LogP contribution in [0.1, 0.15) is 65.2 Å². The Kier molecular flexibility index (Phi) is 3.15. The first-order chi connectivity index (χ1) is 10.4. The van der Waals surface area contributed by atoms with Gasteiger partial charge in [0.05, 0.1) is 6.10 Å². The number of aliphatic hydroxyl groups excluding tert-OH is 1. The minimum absolute atomic E-state index is 0.0546. The van der Waals surface area contributed by atoms with Gasteiger partial charge in [-0.05, 0) is 61.7 Å². The van der Waals surface area contributed by atoms with E-state index in [1.807, 2.05) is 0 Å². The average Bonchev–Trinajstić information content (AvgIpc) is 2.77. The van der Waals surface area contributed by atoms with Crippen molar-refractivity contribution in [2.75, 3.05) is 0 Å². The molecule has 0 aromatic rings. The molecule has 0 spiro atoms. The molecule has 122 valence electrons. The first kappa shape index (κ1) is 14.9. The molecule has 4 saturated carbocycles. The molecule has 0 aromatic heterocycles. The second-order valence-electron chi connectivity index (χ2n) is 8.95. The molecule has 0 aliphatic heterocycles. The van der Waals surface area contributed by atoms with Crippen LogP contribution in [-0.4, -0.2) is 22.8 Å². The number of hydrogen-bond donors (Lipinski definition) is 1. The van der Waals surface area contributed by atoms with Gasteiger partial charge in [-0.15, -0.1) is 0 Å². The van der Waals surface area contributed by atoms with E-state index in [1.54, 1.807) is 0 Å². The lowest BCUT2D eigenvalue weighted by Crippen LogP contribution is -2.57. The predicted octanol–water partition coefficient (Wildman–Crippen LogP) is 3.14. The van der Waals surface area contributed by atoms with E-state index in [0.29, 0.717) is 42.2 Å². The van der Waals surface area contributed by atoms with Crippen molar-refractivity contribution in [1.82, 2.24) is 0 Å². The molecule has 0 unspecified atom stereocenters. The van der Waals surface area contributed by atoms with Gasteiger partial charge < -0.3 is 5.11 Å². The topological polar surface area (TPSA) is 54.4 Å². The van der Waals surface area contributed by atoms with E-state index in [-0.39, 0.29) is 22.9 Å². The minimum atomic E-state index is -0.291. The van der Waals surface area contributed by atoms with E-state index >= 15 is 0 Å². The van der Waals surface area contributed by atoms with Crippen LogP contribution in [0.4, 0.5) is 0 Å². The summed E-state index contributed by atoms with van der Waals surface area (Å²) in [5, 5.41) is 10.0. The maximum Gasteiger partial charge on any atom is 0.139 e. The summed E-state index contributed by atoms with van der Waals surface area (Å²) in [6.07, 6.45) is 6.67.